The highest BCUT2D eigenvalue weighted by Gasteiger charge is 2.32. The Balaban J connectivity index is 2.37. The summed E-state index contributed by atoms with van der Waals surface area (Å²) in [5.74, 6) is -2.09. The molecular weight excluding hydrogens is 321 g/mol. The van der Waals surface area contributed by atoms with E-state index in [1.54, 1.807) is 0 Å². The van der Waals surface area contributed by atoms with Gasteiger partial charge in [-0.25, -0.2) is 4.79 Å². The second-order valence-electron chi connectivity index (χ2n) is 4.73. The first-order valence-electron chi connectivity index (χ1n) is 6.44. The minimum Gasteiger partial charge on any atom is -0.473 e. The zero-order valence-corrected chi connectivity index (χ0v) is 11.5. The van der Waals surface area contributed by atoms with Crippen molar-refractivity contribution in [2.75, 3.05) is 5.32 Å². The van der Waals surface area contributed by atoms with Crippen molar-refractivity contribution in [3.8, 4) is 5.75 Å². The average Bonchev–Trinajstić information content (AvgIpc) is 2.57. The lowest BCUT2D eigenvalue weighted by Gasteiger charge is -2.13. The first-order valence-corrected chi connectivity index (χ1v) is 6.44. The molecule has 23 heavy (non-hydrogen) atoms. The molecule has 0 spiro atoms. The number of anilines is 1. The normalized spacial score (nSPS) is 16.7. The fourth-order valence-electron chi connectivity index (χ4n) is 2.27. The number of nitrogens with one attached hydrogen (secondary N) is 1. The molecule has 7 nitrogen and oxygen atoms in total. The number of aryl methyl sites for hydroxylation is 1. The van der Waals surface area contributed by atoms with Gasteiger partial charge in [0.2, 0.25) is 0 Å². The SMILES string of the molecule is O=C(O)/C(=C1/CCCc2cc(OC(F)(F)F)ccc2N1)[N+](=O)[O-]. The summed E-state index contributed by atoms with van der Waals surface area (Å²) in [7, 11) is 0. The molecule has 0 saturated heterocycles. The third-order valence-corrected chi connectivity index (χ3v) is 3.14. The van der Waals surface area contributed by atoms with Gasteiger partial charge in [-0.1, -0.05) is 0 Å². The van der Waals surface area contributed by atoms with E-state index in [9.17, 15) is 28.1 Å². The van der Waals surface area contributed by atoms with Crippen molar-refractivity contribution in [2.24, 2.45) is 0 Å². The third-order valence-electron chi connectivity index (χ3n) is 3.14. The van der Waals surface area contributed by atoms with Crippen molar-refractivity contribution in [3.63, 3.8) is 0 Å². The molecular formula is C13H11F3N2O5. The molecule has 1 heterocycles. The number of nitrogens with zero attached hydrogens (tertiary/aromatic N) is 1. The van der Waals surface area contributed by atoms with E-state index < -0.39 is 28.7 Å². The van der Waals surface area contributed by atoms with Gasteiger partial charge in [0.1, 0.15) is 11.4 Å². The molecule has 2 rings (SSSR count). The smallest absolute Gasteiger partial charge is 0.473 e. The summed E-state index contributed by atoms with van der Waals surface area (Å²) >= 11 is 0. The number of ether oxygens (including phenoxy) is 1. The van der Waals surface area contributed by atoms with Crippen LogP contribution in [0.25, 0.3) is 0 Å². The molecule has 2 N–H and O–H groups in total. The zero-order valence-electron chi connectivity index (χ0n) is 11.5. The summed E-state index contributed by atoms with van der Waals surface area (Å²) in [5.41, 5.74) is -0.304. The molecule has 0 fully saturated rings. The number of carboxylic acids is 1. The van der Waals surface area contributed by atoms with Crippen LogP contribution in [0.3, 0.4) is 0 Å². The first kappa shape index (κ1) is 16.6. The first-order chi connectivity index (χ1) is 10.7. The van der Waals surface area contributed by atoms with Crippen LogP contribution >= 0.6 is 0 Å². The van der Waals surface area contributed by atoms with Crippen LogP contribution in [0.5, 0.6) is 5.75 Å². The molecule has 0 unspecified atom stereocenters. The van der Waals surface area contributed by atoms with Crippen molar-refractivity contribution < 1.29 is 32.7 Å². The van der Waals surface area contributed by atoms with Gasteiger partial charge in [-0.15, -0.1) is 13.2 Å². The number of halogens is 3. The van der Waals surface area contributed by atoms with Crippen molar-refractivity contribution >= 4 is 11.7 Å². The van der Waals surface area contributed by atoms with Gasteiger partial charge in [-0.05, 0) is 43.0 Å². The molecule has 0 radical (unpaired) electrons. The second-order valence-corrected chi connectivity index (χ2v) is 4.73. The van der Waals surface area contributed by atoms with Crippen LogP contribution in [-0.4, -0.2) is 22.4 Å². The maximum Gasteiger partial charge on any atom is 0.573 e. The molecule has 0 bridgehead atoms. The van der Waals surface area contributed by atoms with Crippen molar-refractivity contribution in [1.82, 2.24) is 0 Å². The summed E-state index contributed by atoms with van der Waals surface area (Å²) in [6.45, 7) is 0. The number of nitro groups is 1. The van der Waals surface area contributed by atoms with Crippen LogP contribution in [0.4, 0.5) is 18.9 Å². The molecule has 0 saturated carbocycles. The lowest BCUT2D eigenvalue weighted by Crippen LogP contribution is -2.18. The van der Waals surface area contributed by atoms with Gasteiger partial charge in [0.25, 0.3) is 0 Å². The highest BCUT2D eigenvalue weighted by molar-refractivity contribution is 5.85. The van der Waals surface area contributed by atoms with Crippen LogP contribution in [-0.2, 0) is 11.2 Å². The number of benzene rings is 1. The van der Waals surface area contributed by atoms with Gasteiger partial charge < -0.3 is 15.2 Å². The standard InChI is InChI=1S/C13H11F3N2O5/c14-13(15,16)23-8-4-5-9-7(6-8)2-1-3-10(17-9)11(12(19)20)18(21)22/h4-6,17H,1-3H2,(H,19,20)/b11-10+. The third kappa shape index (κ3) is 4.11. The highest BCUT2D eigenvalue weighted by atomic mass is 19.4. The minimum atomic E-state index is -4.82. The fourth-order valence-corrected chi connectivity index (χ4v) is 2.27. The summed E-state index contributed by atoms with van der Waals surface area (Å²) in [5, 5.41) is 22.4. The number of allylic oxidation sites excluding steroid dienone is 1. The van der Waals surface area contributed by atoms with E-state index in [-0.39, 0.29) is 12.1 Å². The van der Waals surface area contributed by atoms with Gasteiger partial charge in [-0.3, -0.25) is 10.1 Å². The molecule has 0 aliphatic carbocycles. The Morgan fingerprint density at radius 3 is 2.61 bits per heavy atom. The minimum absolute atomic E-state index is 0.0900. The molecule has 0 aromatic heterocycles. The molecule has 1 aromatic carbocycles. The Hall–Kier alpha value is -2.78. The van der Waals surface area contributed by atoms with E-state index in [4.69, 9.17) is 5.11 Å². The Labute approximate surface area is 127 Å². The van der Waals surface area contributed by atoms with Gasteiger partial charge in [0.15, 0.2) is 0 Å². The zero-order chi connectivity index (χ0) is 17.2. The number of rotatable bonds is 3. The summed E-state index contributed by atoms with van der Waals surface area (Å²) < 4.78 is 40.5. The van der Waals surface area contributed by atoms with E-state index in [0.717, 1.165) is 6.07 Å². The number of aliphatic carboxylic acids is 1. The van der Waals surface area contributed by atoms with Crippen LogP contribution in [0.1, 0.15) is 18.4 Å². The van der Waals surface area contributed by atoms with E-state index in [0.29, 0.717) is 24.1 Å². The predicted octanol–water partition coefficient (Wildman–Crippen LogP) is 2.91. The molecule has 0 atom stereocenters. The number of fused-ring (bicyclic) bond motifs is 1. The van der Waals surface area contributed by atoms with Crippen LogP contribution in [0, 0.1) is 10.1 Å². The van der Waals surface area contributed by atoms with Crippen LogP contribution in [0.15, 0.2) is 29.6 Å². The predicted molar refractivity (Wildman–Crippen MR) is 71.3 cm³/mol. The maximum atomic E-state index is 12.2. The largest absolute Gasteiger partial charge is 0.573 e. The molecule has 0 amide bonds. The summed E-state index contributed by atoms with van der Waals surface area (Å²) in [6, 6.07) is 3.49. The van der Waals surface area contributed by atoms with Crippen LogP contribution in [0.2, 0.25) is 0 Å². The fraction of sp³-hybridized carbons (Fsp3) is 0.308. The maximum absolute atomic E-state index is 12.2. The summed E-state index contributed by atoms with van der Waals surface area (Å²) in [6.07, 6.45) is -4.06. The Morgan fingerprint density at radius 2 is 2.04 bits per heavy atom. The molecule has 10 heteroatoms. The van der Waals surface area contributed by atoms with E-state index in [2.05, 4.69) is 10.1 Å². The van der Waals surface area contributed by atoms with Crippen molar-refractivity contribution in [1.29, 1.82) is 0 Å². The van der Waals surface area contributed by atoms with Gasteiger partial charge in [0, 0.05) is 5.69 Å². The number of alkyl halides is 3. The van der Waals surface area contributed by atoms with Gasteiger partial charge in [0.05, 0.1) is 4.92 Å². The monoisotopic (exact) mass is 332 g/mol. The lowest BCUT2D eigenvalue weighted by atomic mass is 10.1. The number of hydrogen-bond donors (Lipinski definition) is 2. The molecule has 1 aromatic rings. The van der Waals surface area contributed by atoms with Gasteiger partial charge in [-0.2, -0.15) is 0 Å². The average molecular weight is 332 g/mol. The molecule has 1 aliphatic rings. The quantitative estimate of drug-likeness (QED) is 0.501. The van der Waals surface area contributed by atoms with Gasteiger partial charge >= 0.3 is 18.0 Å². The summed E-state index contributed by atoms with van der Waals surface area (Å²) in [4.78, 5) is 20.8. The van der Waals surface area contributed by atoms with E-state index >= 15 is 0 Å². The highest BCUT2D eigenvalue weighted by Crippen LogP contribution is 2.32. The number of hydrogen-bond acceptors (Lipinski definition) is 5. The Bertz CT molecular complexity index is 669. The van der Waals surface area contributed by atoms with E-state index in [1.807, 2.05) is 0 Å². The topological polar surface area (TPSA) is 102 Å². The number of carbonyl (C=O) groups is 1. The van der Waals surface area contributed by atoms with Crippen molar-refractivity contribution in [2.45, 2.75) is 25.6 Å². The lowest BCUT2D eigenvalue weighted by molar-refractivity contribution is -0.422. The van der Waals surface area contributed by atoms with Crippen LogP contribution < -0.4 is 10.1 Å². The van der Waals surface area contributed by atoms with Crippen molar-refractivity contribution in [3.05, 3.63) is 45.3 Å². The second kappa shape index (κ2) is 6.15. The van der Waals surface area contributed by atoms with E-state index in [1.165, 1.54) is 12.1 Å². The Morgan fingerprint density at radius 1 is 1.35 bits per heavy atom. The number of carboxylic acid groups (broad SMARTS) is 1. The molecule has 124 valence electrons. The molecule has 1 aliphatic heterocycles. The Kier molecular flexibility index (Phi) is 4.43.